The summed E-state index contributed by atoms with van der Waals surface area (Å²) >= 11 is 0. The topological polar surface area (TPSA) is 71.2 Å². The first kappa shape index (κ1) is 15.0. The lowest BCUT2D eigenvalue weighted by molar-refractivity contribution is 0.0689. The average Bonchev–Trinajstić information content (AvgIpc) is 2.81. The fourth-order valence-corrected chi connectivity index (χ4v) is 2.14. The number of anilines is 1. The van der Waals surface area contributed by atoms with Crippen LogP contribution in [0.15, 0.2) is 24.3 Å². The minimum Gasteiger partial charge on any atom is -0.476 e. The molecule has 1 heterocycles. The standard InChI is InChI=1S/C15H20N4O2/c1-10(2)9-13-14(15(20)21)16-17-19(13)12-7-5-11(6-8-12)18(3)4/h5-8,10H,9H2,1-4H3,(H,20,21). The average molecular weight is 288 g/mol. The zero-order valence-electron chi connectivity index (χ0n) is 12.7. The van der Waals surface area contributed by atoms with Crippen LogP contribution in [0, 0.1) is 5.92 Å². The van der Waals surface area contributed by atoms with E-state index in [2.05, 4.69) is 10.3 Å². The number of hydrogen-bond donors (Lipinski definition) is 1. The zero-order valence-corrected chi connectivity index (χ0v) is 12.7. The molecule has 0 aliphatic rings. The Morgan fingerprint density at radius 2 is 1.90 bits per heavy atom. The van der Waals surface area contributed by atoms with E-state index in [1.54, 1.807) is 4.68 Å². The summed E-state index contributed by atoms with van der Waals surface area (Å²) in [5.41, 5.74) is 2.55. The molecule has 1 N–H and O–H groups in total. The van der Waals surface area contributed by atoms with E-state index < -0.39 is 5.97 Å². The van der Waals surface area contributed by atoms with Crippen molar-refractivity contribution >= 4 is 11.7 Å². The number of carboxylic acids is 1. The molecular weight excluding hydrogens is 268 g/mol. The van der Waals surface area contributed by atoms with Crippen molar-refractivity contribution < 1.29 is 9.90 Å². The van der Waals surface area contributed by atoms with Gasteiger partial charge >= 0.3 is 5.97 Å². The third-order valence-electron chi connectivity index (χ3n) is 3.18. The molecule has 0 radical (unpaired) electrons. The number of benzene rings is 1. The van der Waals surface area contributed by atoms with Crippen molar-refractivity contribution in [3.05, 3.63) is 35.7 Å². The molecule has 0 fully saturated rings. The van der Waals surface area contributed by atoms with Crippen molar-refractivity contribution in [2.24, 2.45) is 5.92 Å². The lowest BCUT2D eigenvalue weighted by Crippen LogP contribution is -2.11. The molecule has 0 aliphatic carbocycles. The third kappa shape index (κ3) is 3.21. The molecule has 6 nitrogen and oxygen atoms in total. The fraction of sp³-hybridized carbons (Fsp3) is 0.400. The quantitative estimate of drug-likeness (QED) is 0.913. The van der Waals surface area contributed by atoms with Crippen molar-refractivity contribution in [2.75, 3.05) is 19.0 Å². The van der Waals surface area contributed by atoms with Crippen LogP contribution in [0.25, 0.3) is 5.69 Å². The second-order valence-corrected chi connectivity index (χ2v) is 5.61. The second kappa shape index (κ2) is 5.95. The van der Waals surface area contributed by atoms with Crippen molar-refractivity contribution in [2.45, 2.75) is 20.3 Å². The summed E-state index contributed by atoms with van der Waals surface area (Å²) in [6.45, 7) is 4.08. The Hall–Kier alpha value is -2.37. The molecule has 2 rings (SSSR count). The monoisotopic (exact) mass is 288 g/mol. The van der Waals surface area contributed by atoms with Gasteiger partial charge in [0.1, 0.15) is 0 Å². The fourth-order valence-electron chi connectivity index (χ4n) is 2.14. The first-order chi connectivity index (χ1) is 9.90. The first-order valence-electron chi connectivity index (χ1n) is 6.85. The highest BCUT2D eigenvalue weighted by Gasteiger charge is 2.20. The van der Waals surface area contributed by atoms with Gasteiger partial charge in [-0.25, -0.2) is 9.48 Å². The molecule has 0 saturated heterocycles. The van der Waals surface area contributed by atoms with E-state index in [-0.39, 0.29) is 5.69 Å². The van der Waals surface area contributed by atoms with Crippen LogP contribution < -0.4 is 4.90 Å². The van der Waals surface area contributed by atoms with Gasteiger partial charge in [-0.1, -0.05) is 19.1 Å². The van der Waals surface area contributed by atoms with Gasteiger partial charge in [0.05, 0.1) is 11.4 Å². The Bertz CT molecular complexity index is 630. The lowest BCUT2D eigenvalue weighted by atomic mass is 10.1. The van der Waals surface area contributed by atoms with Crippen LogP contribution in [-0.4, -0.2) is 40.2 Å². The molecule has 2 aromatic rings. The molecule has 0 atom stereocenters. The Morgan fingerprint density at radius 3 is 2.38 bits per heavy atom. The van der Waals surface area contributed by atoms with Gasteiger partial charge in [-0.15, -0.1) is 5.10 Å². The highest BCUT2D eigenvalue weighted by atomic mass is 16.4. The predicted octanol–water partition coefficient (Wildman–Crippen LogP) is 2.23. The molecule has 1 aromatic heterocycles. The Morgan fingerprint density at radius 1 is 1.29 bits per heavy atom. The molecule has 0 aliphatic heterocycles. The number of aromatic carboxylic acids is 1. The Kier molecular flexibility index (Phi) is 4.26. The van der Waals surface area contributed by atoms with Gasteiger partial charge in [-0.2, -0.15) is 0 Å². The number of carbonyl (C=O) groups is 1. The van der Waals surface area contributed by atoms with Crippen LogP contribution in [0.1, 0.15) is 30.0 Å². The maximum Gasteiger partial charge on any atom is 0.358 e. The van der Waals surface area contributed by atoms with Crippen LogP contribution in [0.2, 0.25) is 0 Å². The molecule has 0 bridgehead atoms. The third-order valence-corrected chi connectivity index (χ3v) is 3.18. The molecule has 0 unspecified atom stereocenters. The molecule has 1 aromatic carbocycles. The summed E-state index contributed by atoms with van der Waals surface area (Å²) in [5, 5.41) is 17.0. The van der Waals surface area contributed by atoms with E-state index in [4.69, 9.17) is 0 Å². The number of hydrogen-bond acceptors (Lipinski definition) is 4. The van der Waals surface area contributed by atoms with Gasteiger partial charge < -0.3 is 10.0 Å². The van der Waals surface area contributed by atoms with Crippen molar-refractivity contribution in [3.8, 4) is 5.69 Å². The van der Waals surface area contributed by atoms with Crippen LogP contribution in [0.5, 0.6) is 0 Å². The summed E-state index contributed by atoms with van der Waals surface area (Å²) in [5.74, 6) is -0.719. The molecule has 112 valence electrons. The number of rotatable bonds is 5. The second-order valence-electron chi connectivity index (χ2n) is 5.61. The zero-order chi connectivity index (χ0) is 15.6. The van der Waals surface area contributed by atoms with Gasteiger partial charge in [0.25, 0.3) is 0 Å². The van der Waals surface area contributed by atoms with Gasteiger partial charge in [0, 0.05) is 19.8 Å². The van der Waals surface area contributed by atoms with Crippen molar-refractivity contribution in [1.29, 1.82) is 0 Å². The van der Waals surface area contributed by atoms with E-state index >= 15 is 0 Å². The van der Waals surface area contributed by atoms with Crippen LogP contribution in [-0.2, 0) is 6.42 Å². The molecule has 0 saturated carbocycles. The molecule has 0 amide bonds. The maximum atomic E-state index is 11.3. The minimum atomic E-state index is -1.04. The molecular formula is C15H20N4O2. The lowest BCUT2D eigenvalue weighted by Gasteiger charge is -2.13. The first-order valence-corrected chi connectivity index (χ1v) is 6.85. The summed E-state index contributed by atoms with van der Waals surface area (Å²) in [4.78, 5) is 13.3. The van der Waals surface area contributed by atoms with Crippen LogP contribution in [0.3, 0.4) is 0 Å². The molecule has 0 spiro atoms. The van der Waals surface area contributed by atoms with Gasteiger partial charge in [0.15, 0.2) is 5.69 Å². The van der Waals surface area contributed by atoms with Crippen LogP contribution in [0.4, 0.5) is 5.69 Å². The highest BCUT2D eigenvalue weighted by Crippen LogP contribution is 2.19. The van der Waals surface area contributed by atoms with E-state index in [0.29, 0.717) is 18.0 Å². The molecule has 21 heavy (non-hydrogen) atoms. The largest absolute Gasteiger partial charge is 0.476 e. The van der Waals surface area contributed by atoms with E-state index in [9.17, 15) is 9.90 Å². The van der Waals surface area contributed by atoms with E-state index in [0.717, 1.165) is 11.4 Å². The van der Waals surface area contributed by atoms with Gasteiger partial charge in [-0.3, -0.25) is 0 Å². The van der Waals surface area contributed by atoms with E-state index in [1.165, 1.54) is 0 Å². The highest BCUT2D eigenvalue weighted by molar-refractivity contribution is 5.86. The maximum absolute atomic E-state index is 11.3. The predicted molar refractivity (Wildman–Crippen MR) is 81.2 cm³/mol. The molecule has 6 heteroatoms. The summed E-state index contributed by atoms with van der Waals surface area (Å²) in [7, 11) is 3.94. The summed E-state index contributed by atoms with van der Waals surface area (Å²) in [6, 6.07) is 7.77. The smallest absolute Gasteiger partial charge is 0.358 e. The van der Waals surface area contributed by atoms with Gasteiger partial charge in [0.2, 0.25) is 0 Å². The minimum absolute atomic E-state index is 0.0281. The number of aromatic nitrogens is 3. The van der Waals surface area contributed by atoms with Gasteiger partial charge in [-0.05, 0) is 36.6 Å². The summed E-state index contributed by atoms with van der Waals surface area (Å²) in [6.07, 6.45) is 0.615. The normalized spacial score (nSPS) is 10.9. The Labute approximate surface area is 124 Å². The van der Waals surface area contributed by atoms with Crippen LogP contribution >= 0.6 is 0 Å². The van der Waals surface area contributed by atoms with Crippen molar-refractivity contribution in [1.82, 2.24) is 15.0 Å². The van der Waals surface area contributed by atoms with Crippen molar-refractivity contribution in [3.63, 3.8) is 0 Å². The number of nitrogens with zero attached hydrogens (tertiary/aromatic N) is 4. The summed E-state index contributed by atoms with van der Waals surface area (Å²) < 4.78 is 1.61. The van der Waals surface area contributed by atoms with E-state index in [1.807, 2.05) is 57.1 Å². The Balaban J connectivity index is 2.45. The number of carboxylic acid groups (broad SMARTS) is 1. The SMILES string of the molecule is CC(C)Cc1c(C(=O)O)nnn1-c1ccc(N(C)C)cc1.